The third kappa shape index (κ3) is 6.55. The van der Waals surface area contributed by atoms with E-state index in [0.29, 0.717) is 6.54 Å². The van der Waals surface area contributed by atoms with Crippen LogP contribution >= 0.6 is 15.9 Å². The highest BCUT2D eigenvalue weighted by Crippen LogP contribution is 1.83. The van der Waals surface area contributed by atoms with Crippen molar-refractivity contribution in [1.82, 2.24) is 4.72 Å². The van der Waals surface area contributed by atoms with Gasteiger partial charge in [0.05, 0.1) is 0 Å². The van der Waals surface area contributed by atoms with Crippen LogP contribution in [0.1, 0.15) is 6.42 Å². The summed E-state index contributed by atoms with van der Waals surface area (Å²) in [7, 11) is 0. The number of hydrogen-bond donors (Lipinski definition) is 1. The first-order valence-electron chi connectivity index (χ1n) is 2.16. The van der Waals surface area contributed by atoms with E-state index in [1.807, 2.05) is 0 Å². The molecule has 0 aliphatic rings. The highest BCUT2D eigenvalue weighted by atomic mass is 79.9. The average molecular weight is 201 g/mol. The Morgan fingerprint density at radius 1 is 1.75 bits per heavy atom. The van der Waals surface area contributed by atoms with Crippen molar-refractivity contribution in [3.63, 3.8) is 0 Å². The Balaban J connectivity index is 2.82. The average Bonchev–Trinajstić information content (AvgIpc) is 1.66. The summed E-state index contributed by atoms with van der Waals surface area (Å²) in [5, 5.41) is 0.831. The summed E-state index contributed by atoms with van der Waals surface area (Å²) in [6.45, 7) is 0.515. The highest BCUT2D eigenvalue weighted by molar-refractivity contribution is 9.09. The second kappa shape index (κ2) is 5.68. The smallest absolute Gasteiger partial charge is 0.0181 e. The Kier molecular flexibility index (Phi) is 6.07. The van der Waals surface area contributed by atoms with Crippen LogP contribution in [0, 0.1) is 0 Å². The monoisotopic (exact) mass is 200 g/mol. The maximum absolute atomic E-state index is 9.75. The van der Waals surface area contributed by atoms with Gasteiger partial charge in [0.25, 0.3) is 0 Å². The molecule has 0 aromatic heterocycles. The Labute approximate surface area is 59.4 Å². The molecule has 8 heavy (non-hydrogen) atoms. The first-order chi connectivity index (χ1) is 3.77. The molecule has 0 aromatic rings. The van der Waals surface area contributed by atoms with Crippen molar-refractivity contribution in [2.45, 2.75) is 6.42 Å². The van der Waals surface area contributed by atoms with Gasteiger partial charge in [0.15, 0.2) is 0 Å². The minimum absolute atomic E-state index is 0.515. The Morgan fingerprint density at radius 2 is 2.38 bits per heavy atom. The van der Waals surface area contributed by atoms with E-state index in [-0.39, 0.29) is 0 Å². The van der Waals surface area contributed by atoms with Crippen molar-refractivity contribution in [3.05, 3.63) is 0 Å². The van der Waals surface area contributed by atoms with Gasteiger partial charge < -0.3 is 4.55 Å². The van der Waals surface area contributed by atoms with Crippen LogP contribution in [0.4, 0.5) is 0 Å². The van der Waals surface area contributed by atoms with E-state index < -0.39 is 11.3 Å². The zero-order chi connectivity index (χ0) is 6.41. The lowest BCUT2D eigenvalue weighted by Gasteiger charge is -2.03. The summed E-state index contributed by atoms with van der Waals surface area (Å²) < 4.78 is 21.7. The summed E-state index contributed by atoms with van der Waals surface area (Å²) >= 11 is 1.07. The topological polar surface area (TPSA) is 52.2 Å². The summed E-state index contributed by atoms with van der Waals surface area (Å²) in [6.07, 6.45) is 0.827. The van der Waals surface area contributed by atoms with Crippen LogP contribution in [-0.4, -0.2) is 20.6 Å². The van der Waals surface area contributed by atoms with E-state index in [1.165, 1.54) is 0 Å². The van der Waals surface area contributed by atoms with Crippen molar-refractivity contribution in [1.29, 1.82) is 0 Å². The van der Waals surface area contributed by atoms with Gasteiger partial charge >= 0.3 is 0 Å². The van der Waals surface area contributed by atoms with Gasteiger partial charge in [-0.15, -0.1) is 0 Å². The molecule has 0 fully saturated rings. The molecule has 50 valence electrons. The first kappa shape index (κ1) is 8.55. The molecule has 0 saturated heterocycles. The Morgan fingerprint density at radius 3 is 2.75 bits per heavy atom. The summed E-state index contributed by atoms with van der Waals surface area (Å²) in [5.41, 5.74) is 0. The van der Waals surface area contributed by atoms with Gasteiger partial charge in [0.1, 0.15) is 0 Å². The molecule has 0 aromatic carbocycles. The van der Waals surface area contributed by atoms with Crippen LogP contribution in [0.3, 0.4) is 0 Å². The molecule has 0 aliphatic heterocycles. The maximum atomic E-state index is 9.75. The van der Waals surface area contributed by atoms with Crippen LogP contribution < -0.4 is 4.72 Å². The molecule has 0 aliphatic carbocycles. The first-order valence-corrected chi connectivity index (χ1v) is 4.35. The molecular weight excluding hydrogens is 194 g/mol. The van der Waals surface area contributed by atoms with E-state index in [2.05, 4.69) is 20.7 Å². The van der Waals surface area contributed by atoms with Crippen molar-refractivity contribution >= 4 is 27.2 Å². The lowest BCUT2D eigenvalue weighted by atomic mass is 10.5. The van der Waals surface area contributed by atoms with Gasteiger partial charge in [0.2, 0.25) is 0 Å². The van der Waals surface area contributed by atoms with E-state index in [1.54, 1.807) is 0 Å². The van der Waals surface area contributed by atoms with E-state index >= 15 is 0 Å². The standard InChI is InChI=1S/C3H8BrNO2S/c4-2-1-3-5-8(6)7/h5H,1-3H2,(H,6,7)/p-1. The van der Waals surface area contributed by atoms with Crippen LogP contribution in [-0.2, 0) is 11.3 Å². The van der Waals surface area contributed by atoms with Crippen molar-refractivity contribution in [3.8, 4) is 0 Å². The molecule has 0 radical (unpaired) electrons. The lowest BCUT2D eigenvalue weighted by molar-refractivity contribution is 0.523. The molecule has 3 nitrogen and oxygen atoms in total. The molecular formula is C3H7BrNO2S-. The fourth-order valence-electron chi connectivity index (χ4n) is 0.222. The SMILES string of the molecule is O=S([O-])NCCCBr. The van der Waals surface area contributed by atoms with Crippen molar-refractivity contribution < 1.29 is 8.76 Å². The fourth-order valence-corrected chi connectivity index (χ4v) is 0.814. The second-order valence-electron chi connectivity index (χ2n) is 1.17. The predicted octanol–water partition coefficient (Wildman–Crippen LogP) is 0.155. The quantitative estimate of drug-likeness (QED) is 0.400. The Hall–Kier alpha value is 0.550. The molecule has 1 atom stereocenters. The van der Waals surface area contributed by atoms with Crippen LogP contribution in [0.15, 0.2) is 0 Å². The van der Waals surface area contributed by atoms with Crippen LogP contribution in [0.5, 0.6) is 0 Å². The zero-order valence-corrected chi connectivity index (χ0v) is 6.63. The van der Waals surface area contributed by atoms with E-state index in [0.717, 1.165) is 11.8 Å². The van der Waals surface area contributed by atoms with Crippen molar-refractivity contribution in [2.24, 2.45) is 0 Å². The molecule has 0 heterocycles. The van der Waals surface area contributed by atoms with Gasteiger partial charge in [-0.1, -0.05) is 15.9 Å². The number of halogens is 1. The molecule has 0 spiro atoms. The molecule has 0 bridgehead atoms. The second-order valence-corrected chi connectivity index (χ2v) is 2.72. The number of alkyl halides is 1. The van der Waals surface area contributed by atoms with Crippen LogP contribution in [0.2, 0.25) is 0 Å². The van der Waals surface area contributed by atoms with Crippen molar-refractivity contribution in [2.75, 3.05) is 11.9 Å². The zero-order valence-electron chi connectivity index (χ0n) is 4.22. The molecule has 5 heteroatoms. The van der Waals surface area contributed by atoms with Crippen LogP contribution in [0.25, 0.3) is 0 Å². The minimum atomic E-state index is -2.09. The largest absolute Gasteiger partial charge is 0.760 e. The third-order valence-electron chi connectivity index (χ3n) is 0.530. The predicted molar refractivity (Wildman–Crippen MR) is 35.3 cm³/mol. The number of nitrogens with one attached hydrogen (secondary N) is 1. The lowest BCUT2D eigenvalue weighted by Crippen LogP contribution is -2.17. The maximum Gasteiger partial charge on any atom is 0.0181 e. The van der Waals surface area contributed by atoms with E-state index in [9.17, 15) is 8.76 Å². The number of hydrogen-bond acceptors (Lipinski definition) is 2. The summed E-state index contributed by atoms with van der Waals surface area (Å²) in [4.78, 5) is 0. The van der Waals surface area contributed by atoms with Gasteiger partial charge in [-0.3, -0.25) is 4.21 Å². The van der Waals surface area contributed by atoms with E-state index in [4.69, 9.17) is 0 Å². The summed E-state index contributed by atoms with van der Waals surface area (Å²) in [6, 6.07) is 0. The van der Waals surface area contributed by atoms with Gasteiger partial charge in [0, 0.05) is 23.1 Å². The highest BCUT2D eigenvalue weighted by Gasteiger charge is 1.81. The molecule has 0 rings (SSSR count). The molecule has 1 unspecified atom stereocenters. The Bertz CT molecular complexity index is 79.7. The number of rotatable bonds is 4. The molecule has 0 saturated carbocycles. The van der Waals surface area contributed by atoms with Gasteiger partial charge in [-0.05, 0) is 6.42 Å². The third-order valence-corrected chi connectivity index (χ3v) is 1.53. The normalized spacial score (nSPS) is 13.8. The van der Waals surface area contributed by atoms with Gasteiger partial charge in [-0.25, -0.2) is 4.72 Å². The fraction of sp³-hybridized carbons (Fsp3) is 1.00. The minimum Gasteiger partial charge on any atom is -0.760 e. The van der Waals surface area contributed by atoms with Gasteiger partial charge in [-0.2, -0.15) is 0 Å². The summed E-state index contributed by atoms with van der Waals surface area (Å²) in [5.74, 6) is 0. The molecule has 0 amide bonds. The molecule has 1 N–H and O–H groups in total.